The number of nitrogens with zero attached hydrogens (tertiary/aromatic N) is 3. The maximum atomic E-state index is 13.0. The van der Waals surface area contributed by atoms with Crippen LogP contribution in [0.15, 0.2) is 28.8 Å². The fourth-order valence-electron chi connectivity index (χ4n) is 3.73. The van der Waals surface area contributed by atoms with Gasteiger partial charge in [0.15, 0.2) is 0 Å². The average Bonchev–Trinajstić information content (AvgIpc) is 3.23. The molecule has 1 aliphatic heterocycles. The van der Waals surface area contributed by atoms with Crippen LogP contribution in [0.5, 0.6) is 0 Å². The smallest absolute Gasteiger partial charge is 0.227 e. The Morgan fingerprint density at radius 1 is 1.20 bits per heavy atom. The van der Waals surface area contributed by atoms with E-state index in [1.54, 1.807) is 12.1 Å². The molecule has 0 atom stereocenters. The highest BCUT2D eigenvalue weighted by Gasteiger charge is 2.27. The summed E-state index contributed by atoms with van der Waals surface area (Å²) in [5.41, 5.74) is 0.658. The van der Waals surface area contributed by atoms with Crippen LogP contribution in [0, 0.1) is 11.7 Å². The van der Waals surface area contributed by atoms with Crippen molar-refractivity contribution >= 4 is 11.8 Å². The Kier molecular flexibility index (Phi) is 7.54. The van der Waals surface area contributed by atoms with Crippen LogP contribution >= 0.6 is 0 Å². The van der Waals surface area contributed by atoms with E-state index in [9.17, 15) is 14.0 Å². The van der Waals surface area contributed by atoms with Gasteiger partial charge in [0.05, 0.1) is 0 Å². The number of hydrogen-bond acceptors (Lipinski definition) is 5. The van der Waals surface area contributed by atoms with Gasteiger partial charge in [-0.25, -0.2) is 4.39 Å². The predicted molar refractivity (Wildman–Crippen MR) is 110 cm³/mol. The van der Waals surface area contributed by atoms with E-state index < -0.39 is 0 Å². The summed E-state index contributed by atoms with van der Waals surface area (Å²) >= 11 is 0. The van der Waals surface area contributed by atoms with Gasteiger partial charge in [-0.05, 0) is 49.9 Å². The Bertz CT molecular complexity index is 840. The molecule has 1 aliphatic rings. The summed E-state index contributed by atoms with van der Waals surface area (Å²) < 4.78 is 18.2. The van der Waals surface area contributed by atoms with E-state index in [1.807, 2.05) is 18.7 Å². The molecule has 0 saturated carbocycles. The molecule has 0 unspecified atom stereocenters. The highest BCUT2D eigenvalue weighted by Crippen LogP contribution is 2.18. The van der Waals surface area contributed by atoms with Crippen LogP contribution < -0.4 is 5.32 Å². The monoisotopic (exact) mass is 416 g/mol. The maximum Gasteiger partial charge on any atom is 0.227 e. The molecule has 0 spiro atoms. The van der Waals surface area contributed by atoms with Crippen molar-refractivity contribution in [3.8, 4) is 11.4 Å². The first-order chi connectivity index (χ1) is 14.5. The second-order valence-corrected chi connectivity index (χ2v) is 7.70. The summed E-state index contributed by atoms with van der Waals surface area (Å²) in [6.07, 6.45) is 3.86. The molecule has 30 heavy (non-hydrogen) atoms. The summed E-state index contributed by atoms with van der Waals surface area (Å²) in [7, 11) is 0. The zero-order valence-electron chi connectivity index (χ0n) is 17.6. The number of amides is 2. The minimum Gasteiger partial charge on any atom is -0.353 e. The third-order valence-corrected chi connectivity index (χ3v) is 5.64. The van der Waals surface area contributed by atoms with Gasteiger partial charge in [0.25, 0.3) is 0 Å². The normalized spacial score (nSPS) is 14.9. The van der Waals surface area contributed by atoms with E-state index in [-0.39, 0.29) is 36.0 Å². The number of rotatable bonds is 8. The SMILES string of the molecule is CCC(CC)C(=O)N1CCC(NC(=O)CCc2nc(-c3ccc(F)cc3)no2)CC1. The van der Waals surface area contributed by atoms with E-state index >= 15 is 0 Å². The van der Waals surface area contributed by atoms with E-state index in [0.29, 0.717) is 36.8 Å². The summed E-state index contributed by atoms with van der Waals surface area (Å²) in [6, 6.07) is 5.92. The molecule has 1 aromatic heterocycles. The maximum absolute atomic E-state index is 13.0. The molecule has 7 nitrogen and oxygen atoms in total. The Balaban J connectivity index is 1.42. The fraction of sp³-hybridized carbons (Fsp3) is 0.545. The first-order valence-corrected chi connectivity index (χ1v) is 10.7. The minimum atomic E-state index is -0.329. The van der Waals surface area contributed by atoms with Crippen LogP contribution in [0.1, 0.15) is 51.8 Å². The Morgan fingerprint density at radius 3 is 2.50 bits per heavy atom. The molecule has 1 saturated heterocycles. The van der Waals surface area contributed by atoms with Crippen LogP contribution in [0.25, 0.3) is 11.4 Å². The number of likely N-dealkylation sites (tertiary alicyclic amines) is 1. The van der Waals surface area contributed by atoms with Crippen molar-refractivity contribution in [2.45, 2.75) is 58.4 Å². The summed E-state index contributed by atoms with van der Waals surface area (Å²) in [5, 5.41) is 6.93. The number of carbonyl (C=O) groups excluding carboxylic acids is 2. The van der Waals surface area contributed by atoms with Gasteiger partial charge < -0.3 is 14.7 Å². The third-order valence-electron chi connectivity index (χ3n) is 5.64. The lowest BCUT2D eigenvalue weighted by Crippen LogP contribution is -2.48. The van der Waals surface area contributed by atoms with Gasteiger partial charge in [0.2, 0.25) is 23.5 Å². The molecule has 3 rings (SSSR count). The number of aryl methyl sites for hydroxylation is 1. The molecule has 1 aromatic carbocycles. The summed E-state index contributed by atoms with van der Waals surface area (Å²) in [4.78, 5) is 31.0. The zero-order chi connectivity index (χ0) is 21.5. The quantitative estimate of drug-likeness (QED) is 0.713. The average molecular weight is 416 g/mol. The van der Waals surface area contributed by atoms with Crippen molar-refractivity contribution < 1.29 is 18.5 Å². The Labute approximate surface area is 176 Å². The molecule has 2 aromatic rings. The van der Waals surface area contributed by atoms with Crippen LogP contribution in [0.2, 0.25) is 0 Å². The number of benzene rings is 1. The fourth-order valence-corrected chi connectivity index (χ4v) is 3.73. The van der Waals surface area contributed by atoms with Crippen molar-refractivity contribution in [1.29, 1.82) is 0 Å². The lowest BCUT2D eigenvalue weighted by Gasteiger charge is -2.34. The number of aromatic nitrogens is 2. The van der Waals surface area contributed by atoms with Gasteiger partial charge in [-0.15, -0.1) is 0 Å². The van der Waals surface area contributed by atoms with Gasteiger partial charge in [-0.2, -0.15) is 4.98 Å². The Morgan fingerprint density at radius 2 is 1.87 bits per heavy atom. The largest absolute Gasteiger partial charge is 0.353 e. The lowest BCUT2D eigenvalue weighted by atomic mass is 9.98. The highest BCUT2D eigenvalue weighted by atomic mass is 19.1. The number of piperidine rings is 1. The van der Waals surface area contributed by atoms with Crippen molar-refractivity contribution in [3.05, 3.63) is 36.0 Å². The molecule has 162 valence electrons. The minimum absolute atomic E-state index is 0.0682. The van der Waals surface area contributed by atoms with Crippen LogP contribution in [-0.2, 0) is 16.0 Å². The second-order valence-electron chi connectivity index (χ2n) is 7.70. The van der Waals surface area contributed by atoms with E-state index in [2.05, 4.69) is 15.5 Å². The molecule has 2 amide bonds. The lowest BCUT2D eigenvalue weighted by molar-refractivity contribution is -0.137. The molecule has 2 heterocycles. The van der Waals surface area contributed by atoms with Gasteiger partial charge in [0, 0.05) is 43.5 Å². The molecule has 0 aliphatic carbocycles. The topological polar surface area (TPSA) is 88.3 Å². The molecule has 8 heteroatoms. The van der Waals surface area contributed by atoms with E-state index in [0.717, 1.165) is 25.7 Å². The van der Waals surface area contributed by atoms with Crippen molar-refractivity contribution in [2.24, 2.45) is 5.92 Å². The summed E-state index contributed by atoms with van der Waals surface area (Å²) in [6.45, 7) is 5.46. The molecule has 0 radical (unpaired) electrons. The second kappa shape index (κ2) is 10.3. The first-order valence-electron chi connectivity index (χ1n) is 10.7. The van der Waals surface area contributed by atoms with Gasteiger partial charge >= 0.3 is 0 Å². The van der Waals surface area contributed by atoms with Crippen LogP contribution in [0.4, 0.5) is 4.39 Å². The van der Waals surface area contributed by atoms with Crippen molar-refractivity contribution in [3.63, 3.8) is 0 Å². The molecular formula is C22H29FN4O3. The van der Waals surface area contributed by atoms with Crippen molar-refractivity contribution in [2.75, 3.05) is 13.1 Å². The predicted octanol–water partition coefficient (Wildman–Crippen LogP) is 3.35. The van der Waals surface area contributed by atoms with Crippen LogP contribution in [-0.4, -0.2) is 46.0 Å². The Hall–Kier alpha value is -2.77. The molecule has 1 fully saturated rings. The van der Waals surface area contributed by atoms with E-state index in [1.165, 1.54) is 12.1 Å². The molecule has 1 N–H and O–H groups in total. The summed E-state index contributed by atoms with van der Waals surface area (Å²) in [5.74, 6) is 0.685. The number of hydrogen-bond donors (Lipinski definition) is 1. The van der Waals surface area contributed by atoms with Crippen molar-refractivity contribution in [1.82, 2.24) is 20.4 Å². The highest BCUT2D eigenvalue weighted by molar-refractivity contribution is 5.79. The first kappa shape index (κ1) is 21.9. The third kappa shape index (κ3) is 5.64. The van der Waals surface area contributed by atoms with E-state index in [4.69, 9.17) is 4.52 Å². The van der Waals surface area contributed by atoms with Gasteiger partial charge in [0.1, 0.15) is 5.82 Å². The molecule has 0 bridgehead atoms. The zero-order valence-corrected chi connectivity index (χ0v) is 17.6. The number of halogens is 1. The number of carbonyl (C=O) groups is 2. The van der Waals surface area contributed by atoms with Gasteiger partial charge in [-0.1, -0.05) is 19.0 Å². The molecular weight excluding hydrogens is 387 g/mol. The number of nitrogens with one attached hydrogen (secondary N) is 1. The standard InChI is InChI=1S/C22H29FN4O3/c1-3-15(4-2)22(29)27-13-11-18(12-14-27)24-19(28)9-10-20-25-21(26-30-20)16-5-7-17(23)8-6-16/h5-8,15,18H,3-4,9-14H2,1-2H3,(H,24,28). The van der Waals surface area contributed by atoms with Crippen LogP contribution in [0.3, 0.4) is 0 Å². The van der Waals surface area contributed by atoms with Gasteiger partial charge in [-0.3, -0.25) is 9.59 Å².